The van der Waals surface area contributed by atoms with Gasteiger partial charge in [0.2, 0.25) is 15.8 Å². The van der Waals surface area contributed by atoms with Gasteiger partial charge < -0.3 is 10.5 Å². The first-order valence-electron chi connectivity index (χ1n) is 9.48. The van der Waals surface area contributed by atoms with Gasteiger partial charge in [0.05, 0.1) is 24.7 Å². The van der Waals surface area contributed by atoms with Crippen molar-refractivity contribution in [3.05, 3.63) is 39.3 Å². The molecule has 0 fully saturated rings. The van der Waals surface area contributed by atoms with Crippen LogP contribution in [0.25, 0.3) is 0 Å². The standard InChI is InChI=1S/C19H29N5O4S2/c1-12-10-16(28-4)13(2)14(3)18(12)30(26,27)24-11-23-22-7-5-6-15(20)17(25)19-21-8-9-29-19/h8-10,15,22-24H,5-7,11,20H2,1-4H3/t15-/m0/s1. The number of Topliss-reactive ketones (excluding diaryl/α,β-unsaturated/α-hetero) is 1. The minimum atomic E-state index is -3.69. The molecule has 2 aromatic rings. The lowest BCUT2D eigenvalue weighted by Crippen LogP contribution is -2.42. The van der Waals surface area contributed by atoms with Crippen molar-refractivity contribution in [2.75, 3.05) is 20.3 Å². The van der Waals surface area contributed by atoms with Crippen LogP contribution in [0.15, 0.2) is 22.5 Å². The molecule has 0 unspecified atom stereocenters. The fourth-order valence-electron chi connectivity index (χ4n) is 3.05. The van der Waals surface area contributed by atoms with E-state index in [1.165, 1.54) is 11.3 Å². The number of carbonyl (C=O) groups excluding carboxylic acids is 1. The van der Waals surface area contributed by atoms with Crippen LogP contribution in [0.1, 0.15) is 39.3 Å². The van der Waals surface area contributed by atoms with Gasteiger partial charge in [0, 0.05) is 18.1 Å². The SMILES string of the molecule is COc1cc(C)c(S(=O)(=O)NCNNCCC[C@H](N)C(=O)c2nccs2)c(C)c1C. The Balaban J connectivity index is 1.76. The van der Waals surface area contributed by atoms with E-state index in [0.29, 0.717) is 41.3 Å². The second-order valence-electron chi connectivity index (χ2n) is 6.85. The first-order chi connectivity index (χ1) is 14.2. The number of sulfonamides is 1. The topological polar surface area (TPSA) is 135 Å². The maximum absolute atomic E-state index is 12.7. The van der Waals surface area contributed by atoms with E-state index in [4.69, 9.17) is 10.5 Å². The van der Waals surface area contributed by atoms with Crippen LogP contribution < -0.4 is 26.0 Å². The molecule has 1 atom stereocenters. The lowest BCUT2D eigenvalue weighted by molar-refractivity contribution is 0.0955. The fourth-order valence-corrected chi connectivity index (χ4v) is 5.13. The van der Waals surface area contributed by atoms with Crippen molar-refractivity contribution < 1.29 is 17.9 Å². The minimum Gasteiger partial charge on any atom is -0.496 e. The molecule has 9 nitrogen and oxygen atoms in total. The first kappa shape index (κ1) is 24.4. The van der Waals surface area contributed by atoms with Gasteiger partial charge in [-0.2, -0.15) is 4.72 Å². The van der Waals surface area contributed by atoms with Gasteiger partial charge in [-0.15, -0.1) is 11.3 Å². The molecule has 0 bridgehead atoms. The molecule has 0 spiro atoms. The fraction of sp³-hybridized carbons (Fsp3) is 0.474. The molecule has 2 rings (SSSR count). The Morgan fingerprint density at radius 2 is 2.00 bits per heavy atom. The highest BCUT2D eigenvalue weighted by Crippen LogP contribution is 2.30. The molecule has 5 N–H and O–H groups in total. The van der Waals surface area contributed by atoms with E-state index >= 15 is 0 Å². The van der Waals surface area contributed by atoms with Crippen LogP contribution in [0.3, 0.4) is 0 Å². The summed E-state index contributed by atoms with van der Waals surface area (Å²) in [4.78, 5) is 16.3. The monoisotopic (exact) mass is 455 g/mol. The molecule has 1 heterocycles. The van der Waals surface area contributed by atoms with Gasteiger partial charge >= 0.3 is 0 Å². The third kappa shape index (κ3) is 6.06. The number of methoxy groups -OCH3 is 1. The number of nitrogens with one attached hydrogen (secondary N) is 3. The molecule has 0 aliphatic heterocycles. The Bertz CT molecular complexity index is 962. The summed E-state index contributed by atoms with van der Waals surface area (Å²) < 4.78 is 33.2. The molecule has 1 aromatic carbocycles. The van der Waals surface area contributed by atoms with E-state index in [0.717, 1.165) is 5.56 Å². The molecule has 0 radical (unpaired) electrons. The van der Waals surface area contributed by atoms with E-state index in [1.807, 2.05) is 6.92 Å². The zero-order valence-electron chi connectivity index (χ0n) is 17.6. The third-order valence-electron chi connectivity index (χ3n) is 4.74. The molecule has 0 saturated heterocycles. The number of hydrazine groups is 1. The average molecular weight is 456 g/mol. The number of aryl methyl sites for hydroxylation is 1. The molecule has 11 heteroatoms. The van der Waals surface area contributed by atoms with Crippen molar-refractivity contribution in [1.29, 1.82) is 0 Å². The molecule has 0 aliphatic carbocycles. The predicted octanol–water partition coefficient (Wildman–Crippen LogP) is 1.40. The number of ketones is 1. The smallest absolute Gasteiger partial charge is 0.242 e. The van der Waals surface area contributed by atoms with Crippen molar-refractivity contribution in [3.63, 3.8) is 0 Å². The number of benzene rings is 1. The highest BCUT2D eigenvalue weighted by molar-refractivity contribution is 7.89. The summed E-state index contributed by atoms with van der Waals surface area (Å²) in [5.41, 5.74) is 13.7. The molecule has 0 saturated carbocycles. The number of aromatic nitrogens is 1. The van der Waals surface area contributed by atoms with E-state index in [2.05, 4.69) is 20.6 Å². The number of ether oxygens (including phenoxy) is 1. The molecule has 1 aromatic heterocycles. The van der Waals surface area contributed by atoms with Crippen LogP contribution in [-0.2, 0) is 10.0 Å². The van der Waals surface area contributed by atoms with Crippen molar-refractivity contribution in [3.8, 4) is 5.75 Å². The number of nitrogens with zero attached hydrogens (tertiary/aromatic N) is 1. The summed E-state index contributed by atoms with van der Waals surface area (Å²) in [5.74, 6) is 0.501. The van der Waals surface area contributed by atoms with E-state index in [-0.39, 0.29) is 17.3 Å². The molecule has 166 valence electrons. The van der Waals surface area contributed by atoms with Gasteiger partial charge in [0.15, 0.2) is 5.01 Å². The Morgan fingerprint density at radius 1 is 1.27 bits per heavy atom. The Morgan fingerprint density at radius 3 is 2.63 bits per heavy atom. The molecular weight excluding hydrogens is 426 g/mol. The van der Waals surface area contributed by atoms with Crippen LogP contribution in [0.4, 0.5) is 0 Å². The van der Waals surface area contributed by atoms with Gasteiger partial charge in [-0.1, -0.05) is 0 Å². The summed E-state index contributed by atoms with van der Waals surface area (Å²) in [7, 11) is -2.13. The second-order valence-corrected chi connectivity index (χ2v) is 9.45. The summed E-state index contributed by atoms with van der Waals surface area (Å²) >= 11 is 1.27. The van der Waals surface area contributed by atoms with Gasteiger partial charge in [0.1, 0.15) is 5.75 Å². The number of thiazole rings is 1. The number of nitrogens with two attached hydrogens (primary N) is 1. The maximum Gasteiger partial charge on any atom is 0.242 e. The summed E-state index contributed by atoms with van der Waals surface area (Å²) in [6, 6.07) is 1.12. The number of rotatable bonds is 12. The third-order valence-corrected chi connectivity index (χ3v) is 7.22. The van der Waals surface area contributed by atoms with Gasteiger partial charge in [0.25, 0.3) is 0 Å². The lowest BCUT2D eigenvalue weighted by atomic mass is 10.1. The Hall–Kier alpha value is -1.89. The quantitative estimate of drug-likeness (QED) is 0.163. The largest absolute Gasteiger partial charge is 0.496 e. The van der Waals surface area contributed by atoms with E-state index < -0.39 is 16.1 Å². The van der Waals surface area contributed by atoms with Crippen LogP contribution in [0, 0.1) is 20.8 Å². The first-order valence-corrected chi connectivity index (χ1v) is 11.8. The summed E-state index contributed by atoms with van der Waals surface area (Å²) in [5, 5.41) is 2.16. The zero-order valence-corrected chi connectivity index (χ0v) is 19.2. The second kappa shape index (κ2) is 10.9. The van der Waals surface area contributed by atoms with Crippen molar-refractivity contribution in [2.24, 2.45) is 5.73 Å². The molecular formula is C19H29N5O4S2. The number of hydrogen-bond donors (Lipinski definition) is 4. The molecule has 0 aliphatic rings. The van der Waals surface area contributed by atoms with Crippen molar-refractivity contribution in [1.82, 2.24) is 20.6 Å². The summed E-state index contributed by atoms with van der Waals surface area (Å²) in [6.07, 6.45) is 2.73. The summed E-state index contributed by atoms with van der Waals surface area (Å²) in [6.45, 7) is 5.87. The van der Waals surface area contributed by atoms with Crippen molar-refractivity contribution >= 4 is 27.1 Å². The Labute approximate surface area is 181 Å². The zero-order chi connectivity index (χ0) is 22.3. The van der Waals surface area contributed by atoms with Crippen LogP contribution in [0.2, 0.25) is 0 Å². The van der Waals surface area contributed by atoms with Crippen LogP contribution >= 0.6 is 11.3 Å². The van der Waals surface area contributed by atoms with Gasteiger partial charge in [-0.3, -0.25) is 10.2 Å². The lowest BCUT2D eigenvalue weighted by Gasteiger charge is -2.17. The average Bonchev–Trinajstić information content (AvgIpc) is 3.23. The normalized spacial score (nSPS) is 12.7. The maximum atomic E-state index is 12.7. The van der Waals surface area contributed by atoms with E-state index in [1.54, 1.807) is 38.6 Å². The molecule has 0 amide bonds. The van der Waals surface area contributed by atoms with Crippen molar-refractivity contribution in [2.45, 2.75) is 44.6 Å². The Kier molecular flexibility index (Phi) is 8.89. The minimum absolute atomic E-state index is 0.0103. The highest BCUT2D eigenvalue weighted by Gasteiger charge is 2.22. The highest BCUT2D eigenvalue weighted by atomic mass is 32.2. The van der Waals surface area contributed by atoms with E-state index in [9.17, 15) is 13.2 Å². The van der Waals surface area contributed by atoms with Gasteiger partial charge in [-0.05, 0) is 56.4 Å². The van der Waals surface area contributed by atoms with Crippen LogP contribution in [0.5, 0.6) is 5.75 Å². The predicted molar refractivity (Wildman–Crippen MR) is 117 cm³/mol. The molecule has 30 heavy (non-hydrogen) atoms. The number of carbonyl (C=O) groups is 1. The number of hydrogen-bond acceptors (Lipinski definition) is 9. The van der Waals surface area contributed by atoms with Gasteiger partial charge in [-0.25, -0.2) is 18.8 Å². The van der Waals surface area contributed by atoms with Crippen LogP contribution in [-0.4, -0.2) is 45.6 Å².